The van der Waals surface area contributed by atoms with Crippen LogP contribution in [0.5, 0.6) is 0 Å². The highest BCUT2D eigenvalue weighted by Crippen LogP contribution is 2.14. The molecular formula is C10H20O5SSi. The van der Waals surface area contributed by atoms with Gasteiger partial charge in [0.1, 0.15) is 5.78 Å². The van der Waals surface area contributed by atoms with Crippen LogP contribution in [-0.2, 0) is 22.8 Å². The standard InChI is InChI=1S/C10H20O5SSi/c1-9(11)8-10(16)15-6-5-7-17(12-2,13-3)14-4/h5-8H2,1-4H3. The number of thiocarbonyl (C=S) groups is 1. The maximum Gasteiger partial charge on any atom is 0.500 e. The topological polar surface area (TPSA) is 54.0 Å². The normalized spacial score (nSPS) is 11.3. The summed E-state index contributed by atoms with van der Waals surface area (Å²) in [5.74, 6) is 0.00407. The smallest absolute Gasteiger partial charge is 0.487 e. The average molecular weight is 280 g/mol. The van der Waals surface area contributed by atoms with Crippen molar-refractivity contribution in [3.63, 3.8) is 0 Å². The fraction of sp³-hybridized carbons (Fsp3) is 0.800. The van der Waals surface area contributed by atoms with Crippen molar-refractivity contribution in [3.05, 3.63) is 0 Å². The second kappa shape index (κ2) is 8.70. The SMILES string of the molecule is CO[Si](CCCOC(=S)CC(C)=O)(OC)OC. The average Bonchev–Trinajstić information content (AvgIpc) is 2.29. The van der Waals surface area contributed by atoms with Crippen LogP contribution in [0.3, 0.4) is 0 Å². The van der Waals surface area contributed by atoms with Crippen LogP contribution in [0.25, 0.3) is 0 Å². The maximum absolute atomic E-state index is 10.8. The van der Waals surface area contributed by atoms with Crippen LogP contribution >= 0.6 is 12.2 Å². The fourth-order valence-electron chi connectivity index (χ4n) is 1.29. The molecule has 0 heterocycles. The van der Waals surface area contributed by atoms with Crippen molar-refractivity contribution < 1.29 is 22.8 Å². The van der Waals surface area contributed by atoms with E-state index in [0.29, 0.717) is 24.1 Å². The lowest BCUT2D eigenvalue weighted by Gasteiger charge is -2.24. The van der Waals surface area contributed by atoms with Gasteiger partial charge in [-0.15, -0.1) is 0 Å². The predicted octanol–water partition coefficient (Wildman–Crippen LogP) is 1.58. The van der Waals surface area contributed by atoms with E-state index in [1.807, 2.05) is 0 Å². The van der Waals surface area contributed by atoms with Crippen molar-refractivity contribution in [1.82, 2.24) is 0 Å². The molecule has 0 radical (unpaired) electrons. The molecule has 0 aromatic rings. The second-order valence-electron chi connectivity index (χ2n) is 3.50. The molecule has 0 aliphatic carbocycles. The van der Waals surface area contributed by atoms with Crippen LogP contribution < -0.4 is 0 Å². The first-order valence-electron chi connectivity index (χ1n) is 5.30. The summed E-state index contributed by atoms with van der Waals surface area (Å²) in [6.45, 7) is 1.92. The molecule has 100 valence electrons. The number of carbonyl (C=O) groups is 1. The minimum absolute atomic E-state index is 0.00407. The third-order valence-corrected chi connectivity index (χ3v) is 5.31. The lowest BCUT2D eigenvalue weighted by atomic mass is 10.3. The summed E-state index contributed by atoms with van der Waals surface area (Å²) >= 11 is 4.90. The summed E-state index contributed by atoms with van der Waals surface area (Å²) in [5, 5.41) is 0.331. The van der Waals surface area contributed by atoms with Crippen LogP contribution in [0, 0.1) is 0 Å². The van der Waals surface area contributed by atoms with Gasteiger partial charge >= 0.3 is 8.80 Å². The Bertz CT molecular complexity index is 247. The minimum Gasteiger partial charge on any atom is -0.487 e. The summed E-state index contributed by atoms with van der Waals surface area (Å²) in [6.07, 6.45) is 0.899. The van der Waals surface area contributed by atoms with Gasteiger partial charge in [-0.25, -0.2) is 0 Å². The van der Waals surface area contributed by atoms with Crippen molar-refractivity contribution in [2.45, 2.75) is 25.8 Å². The van der Waals surface area contributed by atoms with E-state index >= 15 is 0 Å². The van der Waals surface area contributed by atoms with E-state index in [9.17, 15) is 4.79 Å². The molecule has 0 bridgehead atoms. The number of Topliss-reactive ketones (excluding diaryl/α,β-unsaturated/α-hetero) is 1. The molecule has 0 spiro atoms. The van der Waals surface area contributed by atoms with E-state index in [1.54, 1.807) is 21.3 Å². The van der Waals surface area contributed by atoms with E-state index in [-0.39, 0.29) is 12.2 Å². The fourth-order valence-corrected chi connectivity index (χ4v) is 3.26. The van der Waals surface area contributed by atoms with Gasteiger partial charge in [-0.05, 0) is 25.6 Å². The van der Waals surface area contributed by atoms with Gasteiger partial charge < -0.3 is 18.0 Å². The summed E-state index contributed by atoms with van der Waals surface area (Å²) in [7, 11) is 2.20. The van der Waals surface area contributed by atoms with Gasteiger partial charge in [0, 0.05) is 27.4 Å². The zero-order valence-corrected chi connectivity index (χ0v) is 12.6. The molecule has 17 heavy (non-hydrogen) atoms. The highest BCUT2D eigenvalue weighted by Gasteiger charge is 2.36. The van der Waals surface area contributed by atoms with Gasteiger partial charge in [-0.1, -0.05) is 0 Å². The molecule has 0 amide bonds. The highest BCUT2D eigenvalue weighted by atomic mass is 32.1. The van der Waals surface area contributed by atoms with Crippen molar-refractivity contribution in [2.75, 3.05) is 27.9 Å². The Morgan fingerprint density at radius 2 is 1.71 bits per heavy atom. The van der Waals surface area contributed by atoms with E-state index in [0.717, 1.165) is 0 Å². The summed E-state index contributed by atoms with van der Waals surface area (Å²) < 4.78 is 21.0. The monoisotopic (exact) mass is 280 g/mol. The van der Waals surface area contributed by atoms with Gasteiger partial charge in [0.05, 0.1) is 13.0 Å². The van der Waals surface area contributed by atoms with Gasteiger partial charge in [0.25, 0.3) is 0 Å². The molecule has 0 aromatic carbocycles. The molecule has 7 heteroatoms. The van der Waals surface area contributed by atoms with Gasteiger partial charge in [0.15, 0.2) is 5.05 Å². The molecule has 0 rings (SSSR count). The minimum atomic E-state index is -2.51. The lowest BCUT2D eigenvalue weighted by molar-refractivity contribution is -0.116. The molecule has 0 aromatic heterocycles. The predicted molar refractivity (Wildman–Crippen MR) is 70.1 cm³/mol. The maximum atomic E-state index is 10.8. The Morgan fingerprint density at radius 3 is 2.12 bits per heavy atom. The lowest BCUT2D eigenvalue weighted by Crippen LogP contribution is -2.42. The van der Waals surface area contributed by atoms with E-state index in [1.165, 1.54) is 6.92 Å². The van der Waals surface area contributed by atoms with Crippen LogP contribution in [0.1, 0.15) is 19.8 Å². The number of ketones is 1. The molecule has 0 aliphatic rings. The molecular weight excluding hydrogens is 260 g/mol. The second-order valence-corrected chi connectivity index (χ2v) is 7.04. The first-order chi connectivity index (χ1) is 7.99. The number of carbonyl (C=O) groups excluding carboxylic acids is 1. The largest absolute Gasteiger partial charge is 0.500 e. The highest BCUT2D eigenvalue weighted by molar-refractivity contribution is 7.80. The third-order valence-electron chi connectivity index (χ3n) is 2.22. The number of hydrogen-bond donors (Lipinski definition) is 0. The third kappa shape index (κ3) is 6.84. The molecule has 0 unspecified atom stereocenters. The molecule has 0 fully saturated rings. The number of ether oxygens (including phenoxy) is 1. The van der Waals surface area contributed by atoms with Gasteiger partial charge in [0.2, 0.25) is 0 Å². The molecule has 0 aliphatic heterocycles. The Hall–Kier alpha value is -0.343. The van der Waals surface area contributed by atoms with E-state index < -0.39 is 8.80 Å². The van der Waals surface area contributed by atoms with E-state index in [2.05, 4.69) is 0 Å². The zero-order valence-electron chi connectivity index (χ0n) is 10.8. The first kappa shape index (κ1) is 16.7. The Morgan fingerprint density at radius 1 is 1.18 bits per heavy atom. The van der Waals surface area contributed by atoms with Crippen molar-refractivity contribution in [3.8, 4) is 0 Å². The number of rotatable bonds is 9. The molecule has 0 saturated heterocycles. The van der Waals surface area contributed by atoms with Crippen LogP contribution in [0.15, 0.2) is 0 Å². The van der Waals surface area contributed by atoms with Crippen LogP contribution in [-0.4, -0.2) is 47.6 Å². The molecule has 0 N–H and O–H groups in total. The molecule has 0 atom stereocenters. The van der Waals surface area contributed by atoms with Crippen molar-refractivity contribution >= 4 is 31.9 Å². The van der Waals surface area contributed by atoms with Gasteiger partial charge in [-0.2, -0.15) is 0 Å². The van der Waals surface area contributed by atoms with Crippen LogP contribution in [0.2, 0.25) is 6.04 Å². The quantitative estimate of drug-likeness (QED) is 0.363. The van der Waals surface area contributed by atoms with Crippen molar-refractivity contribution in [1.29, 1.82) is 0 Å². The van der Waals surface area contributed by atoms with Crippen LogP contribution in [0.4, 0.5) is 0 Å². The zero-order chi connectivity index (χ0) is 13.3. The number of hydrogen-bond acceptors (Lipinski definition) is 6. The summed E-state index contributed by atoms with van der Waals surface area (Å²) in [5.41, 5.74) is 0. The molecule has 5 nitrogen and oxygen atoms in total. The Balaban J connectivity index is 3.83. The Labute approximate surface area is 109 Å². The van der Waals surface area contributed by atoms with Gasteiger partial charge in [-0.3, -0.25) is 4.79 Å². The Kier molecular flexibility index (Phi) is 8.53. The first-order valence-corrected chi connectivity index (χ1v) is 7.64. The summed E-state index contributed by atoms with van der Waals surface area (Å²) in [6, 6.07) is 0.652. The van der Waals surface area contributed by atoms with E-state index in [4.69, 9.17) is 30.2 Å². The molecule has 0 saturated carbocycles. The van der Waals surface area contributed by atoms with Crippen molar-refractivity contribution in [2.24, 2.45) is 0 Å². The summed E-state index contributed by atoms with van der Waals surface area (Å²) in [4.78, 5) is 10.8.